The van der Waals surface area contributed by atoms with Gasteiger partial charge in [0.1, 0.15) is 11.8 Å². The van der Waals surface area contributed by atoms with Gasteiger partial charge in [-0.05, 0) is 24.6 Å². The molecule has 0 saturated carbocycles. The van der Waals surface area contributed by atoms with Gasteiger partial charge in [-0.3, -0.25) is 9.48 Å². The van der Waals surface area contributed by atoms with Gasteiger partial charge in [-0.2, -0.15) is 5.10 Å². The molecule has 1 amide bonds. The fourth-order valence-electron chi connectivity index (χ4n) is 1.99. The largest absolute Gasteiger partial charge is 0.495 e. The minimum Gasteiger partial charge on any atom is -0.495 e. The number of ether oxygens (including phenoxy) is 1. The molecular weight excluding hydrogens is 336 g/mol. The molecule has 0 bridgehead atoms. The van der Waals surface area contributed by atoms with Crippen LogP contribution in [0.15, 0.2) is 29.0 Å². The average molecular weight is 353 g/mol. The van der Waals surface area contributed by atoms with Gasteiger partial charge in [0.25, 0.3) is 0 Å². The van der Waals surface area contributed by atoms with Gasteiger partial charge in [-0.1, -0.05) is 15.9 Å². The first-order chi connectivity index (χ1) is 9.92. The van der Waals surface area contributed by atoms with Crippen molar-refractivity contribution in [3.05, 3.63) is 40.1 Å². The molecule has 0 aliphatic carbocycles. The third kappa shape index (κ3) is 3.43. The second kappa shape index (κ2) is 6.28. The molecule has 1 unspecified atom stereocenters. The molecule has 0 radical (unpaired) electrons. The molecule has 112 valence electrons. The lowest BCUT2D eigenvalue weighted by Crippen LogP contribution is -2.28. The Kier molecular flexibility index (Phi) is 4.64. The predicted molar refractivity (Wildman–Crippen MR) is 84.2 cm³/mol. The molecule has 2 rings (SSSR count). The number of halogens is 1. The maximum absolute atomic E-state index is 12.3. The quantitative estimate of drug-likeness (QED) is 0.882. The van der Waals surface area contributed by atoms with Crippen LogP contribution in [0.3, 0.4) is 0 Å². The minimum absolute atomic E-state index is 0.313. The maximum atomic E-state index is 12.3. The monoisotopic (exact) mass is 352 g/mol. The summed E-state index contributed by atoms with van der Waals surface area (Å²) in [5, 5.41) is 6.83. The van der Waals surface area contributed by atoms with Crippen LogP contribution in [-0.2, 0) is 11.8 Å². The minimum atomic E-state index is -0.786. The lowest BCUT2D eigenvalue weighted by atomic mass is 10.1. The lowest BCUT2D eigenvalue weighted by molar-refractivity contribution is -0.117. The zero-order valence-corrected chi connectivity index (χ0v) is 13.6. The van der Waals surface area contributed by atoms with Gasteiger partial charge in [-0.15, -0.1) is 0 Å². The van der Waals surface area contributed by atoms with Crippen LogP contribution in [-0.4, -0.2) is 22.8 Å². The number of benzene rings is 1. The molecule has 0 fully saturated rings. The fraction of sp³-hybridized carbons (Fsp3) is 0.286. The van der Waals surface area contributed by atoms with Crippen LogP contribution < -0.4 is 15.8 Å². The third-order valence-electron chi connectivity index (χ3n) is 3.10. The van der Waals surface area contributed by atoms with Crippen molar-refractivity contribution in [2.75, 3.05) is 12.4 Å². The molecular formula is C14H17BrN4O2. The molecule has 0 aliphatic rings. The predicted octanol–water partition coefficient (Wildman–Crippen LogP) is 2.14. The number of rotatable bonds is 4. The van der Waals surface area contributed by atoms with Gasteiger partial charge in [0.2, 0.25) is 5.91 Å². The molecule has 0 spiro atoms. The molecule has 2 aromatic rings. The van der Waals surface area contributed by atoms with E-state index in [-0.39, 0.29) is 5.91 Å². The summed E-state index contributed by atoms with van der Waals surface area (Å²) < 4.78 is 7.78. The summed E-state index contributed by atoms with van der Waals surface area (Å²) in [6, 6.07) is 2.90. The van der Waals surface area contributed by atoms with E-state index in [9.17, 15) is 4.79 Å². The summed E-state index contributed by atoms with van der Waals surface area (Å²) in [5.74, 6) is 0.264. The summed E-state index contributed by atoms with van der Waals surface area (Å²) in [7, 11) is 3.33. The average Bonchev–Trinajstić information content (AvgIpc) is 2.86. The Hall–Kier alpha value is -1.86. The Bertz CT molecular complexity index is 669. The Morgan fingerprint density at radius 1 is 1.52 bits per heavy atom. The summed E-state index contributed by atoms with van der Waals surface area (Å²) in [6.45, 7) is 1.89. The van der Waals surface area contributed by atoms with Gasteiger partial charge < -0.3 is 15.8 Å². The zero-order chi connectivity index (χ0) is 15.6. The van der Waals surface area contributed by atoms with E-state index >= 15 is 0 Å². The highest BCUT2D eigenvalue weighted by atomic mass is 79.9. The van der Waals surface area contributed by atoms with E-state index in [0.717, 1.165) is 10.0 Å². The molecule has 1 aromatic heterocycles. The topological polar surface area (TPSA) is 82.2 Å². The van der Waals surface area contributed by atoms with Crippen molar-refractivity contribution in [1.29, 1.82) is 0 Å². The number of methoxy groups -OCH3 is 1. The number of nitrogens with zero attached hydrogens (tertiary/aromatic N) is 2. The number of aryl methyl sites for hydroxylation is 2. The zero-order valence-electron chi connectivity index (χ0n) is 12.1. The summed E-state index contributed by atoms with van der Waals surface area (Å²) in [6.07, 6.45) is 3.30. The smallest absolute Gasteiger partial charge is 0.246 e. The van der Waals surface area contributed by atoms with Gasteiger partial charge in [0, 0.05) is 23.3 Å². The van der Waals surface area contributed by atoms with E-state index in [1.165, 1.54) is 0 Å². The first-order valence-corrected chi connectivity index (χ1v) is 7.10. The molecule has 0 saturated heterocycles. The van der Waals surface area contributed by atoms with E-state index in [2.05, 4.69) is 26.3 Å². The van der Waals surface area contributed by atoms with Crippen LogP contribution in [0.25, 0.3) is 0 Å². The van der Waals surface area contributed by atoms with E-state index in [4.69, 9.17) is 10.5 Å². The molecule has 21 heavy (non-hydrogen) atoms. The number of hydrogen-bond acceptors (Lipinski definition) is 4. The Labute approximate surface area is 131 Å². The number of anilines is 1. The highest BCUT2D eigenvalue weighted by Gasteiger charge is 2.20. The van der Waals surface area contributed by atoms with Crippen LogP contribution in [0.2, 0.25) is 0 Å². The second-order valence-electron chi connectivity index (χ2n) is 4.71. The first-order valence-electron chi connectivity index (χ1n) is 6.31. The number of carbonyl (C=O) groups is 1. The van der Waals surface area contributed by atoms with Crippen LogP contribution in [0.5, 0.6) is 5.75 Å². The Balaban J connectivity index is 2.23. The van der Waals surface area contributed by atoms with Crippen LogP contribution in [0.1, 0.15) is 17.2 Å². The standard InChI is InChI=1S/C14H17BrN4O2/c1-8-4-10(15)5-11(21-3)13(8)18-14(20)12(16)9-6-17-19(2)7-9/h4-7,12H,16H2,1-3H3,(H,18,20). The van der Waals surface area contributed by atoms with Gasteiger partial charge in [0.15, 0.2) is 0 Å². The van der Waals surface area contributed by atoms with Crippen molar-refractivity contribution in [2.45, 2.75) is 13.0 Å². The van der Waals surface area contributed by atoms with E-state index in [0.29, 0.717) is 17.0 Å². The van der Waals surface area contributed by atoms with E-state index in [1.807, 2.05) is 13.0 Å². The normalized spacial score (nSPS) is 12.0. The number of nitrogens with one attached hydrogen (secondary N) is 1. The number of hydrogen-bond donors (Lipinski definition) is 2. The van der Waals surface area contributed by atoms with E-state index in [1.54, 1.807) is 37.3 Å². The maximum Gasteiger partial charge on any atom is 0.246 e. The molecule has 3 N–H and O–H groups in total. The Morgan fingerprint density at radius 2 is 2.24 bits per heavy atom. The Morgan fingerprint density at radius 3 is 2.81 bits per heavy atom. The summed E-state index contributed by atoms with van der Waals surface area (Å²) in [4.78, 5) is 12.3. The van der Waals surface area contributed by atoms with Gasteiger partial charge in [0.05, 0.1) is 19.0 Å². The van der Waals surface area contributed by atoms with Crippen molar-refractivity contribution < 1.29 is 9.53 Å². The molecule has 1 heterocycles. The van der Waals surface area contributed by atoms with Crippen molar-refractivity contribution in [1.82, 2.24) is 9.78 Å². The second-order valence-corrected chi connectivity index (χ2v) is 5.63. The third-order valence-corrected chi connectivity index (χ3v) is 3.56. The van der Waals surface area contributed by atoms with Crippen molar-refractivity contribution in [2.24, 2.45) is 12.8 Å². The van der Waals surface area contributed by atoms with Crippen LogP contribution in [0.4, 0.5) is 5.69 Å². The molecule has 6 nitrogen and oxygen atoms in total. The number of carbonyl (C=O) groups excluding carboxylic acids is 1. The van der Waals surface area contributed by atoms with Crippen LogP contribution >= 0.6 is 15.9 Å². The molecule has 1 atom stereocenters. The van der Waals surface area contributed by atoms with Gasteiger partial charge in [-0.25, -0.2) is 0 Å². The number of amides is 1. The summed E-state index contributed by atoms with van der Waals surface area (Å²) >= 11 is 3.39. The first kappa shape index (κ1) is 15.5. The van der Waals surface area contributed by atoms with E-state index < -0.39 is 6.04 Å². The highest BCUT2D eigenvalue weighted by Crippen LogP contribution is 2.32. The van der Waals surface area contributed by atoms with Crippen molar-refractivity contribution in [3.63, 3.8) is 0 Å². The van der Waals surface area contributed by atoms with Crippen molar-refractivity contribution in [3.8, 4) is 5.75 Å². The number of aromatic nitrogens is 2. The number of nitrogens with two attached hydrogens (primary N) is 1. The van der Waals surface area contributed by atoms with Crippen molar-refractivity contribution >= 4 is 27.5 Å². The fourth-order valence-corrected chi connectivity index (χ4v) is 2.54. The lowest BCUT2D eigenvalue weighted by Gasteiger charge is -2.16. The van der Waals surface area contributed by atoms with Crippen LogP contribution in [0, 0.1) is 6.92 Å². The molecule has 0 aliphatic heterocycles. The molecule has 1 aromatic carbocycles. The summed E-state index contributed by atoms with van der Waals surface area (Å²) in [5.41, 5.74) is 8.11. The SMILES string of the molecule is COc1cc(Br)cc(C)c1NC(=O)C(N)c1cnn(C)c1. The molecule has 7 heteroatoms. The van der Waals surface area contributed by atoms with Gasteiger partial charge >= 0.3 is 0 Å². The highest BCUT2D eigenvalue weighted by molar-refractivity contribution is 9.10.